The van der Waals surface area contributed by atoms with Gasteiger partial charge in [-0.1, -0.05) is 0 Å². The molecule has 1 unspecified atom stereocenters. The van der Waals surface area contributed by atoms with Crippen LogP contribution in [-0.2, 0) is 0 Å². The summed E-state index contributed by atoms with van der Waals surface area (Å²) in [5, 5.41) is 7.15. The van der Waals surface area contributed by atoms with Gasteiger partial charge < -0.3 is 0 Å². The first-order chi connectivity index (χ1) is 19.4. The molecule has 0 bridgehead atoms. The Kier molecular flexibility index (Phi) is 8.43. The molecule has 0 aromatic heterocycles. The molecule has 3 N–H and O–H groups in total. The monoisotopic (exact) mass is 663 g/mol. The van der Waals surface area contributed by atoms with Gasteiger partial charge in [0.15, 0.2) is 0 Å². The predicted octanol–water partition coefficient (Wildman–Crippen LogP) is 5.17. The molecule has 5 rings (SSSR count). The van der Waals surface area contributed by atoms with Crippen LogP contribution in [-0.4, -0.2) is 43.7 Å². The van der Waals surface area contributed by atoms with Crippen LogP contribution in [0.25, 0.3) is 0 Å². The third kappa shape index (κ3) is 5.58. The van der Waals surface area contributed by atoms with Crippen LogP contribution >= 0.6 is 26.3 Å². The van der Waals surface area contributed by atoms with Crippen molar-refractivity contribution in [3.8, 4) is 5.75 Å². The van der Waals surface area contributed by atoms with Crippen LogP contribution in [0.5, 0.6) is 5.75 Å². The summed E-state index contributed by atoms with van der Waals surface area (Å²) < 4.78 is 3.48. The Hall–Kier alpha value is -3.42. The molecule has 1 aliphatic heterocycles. The zero-order valence-corrected chi connectivity index (χ0v) is 25.9. The number of ether oxygens (including phenoxy) is 1. The van der Waals surface area contributed by atoms with Crippen molar-refractivity contribution in [3.05, 3.63) is 121 Å². The van der Waals surface area contributed by atoms with Crippen molar-refractivity contribution in [1.82, 2.24) is 10.2 Å². The summed E-state index contributed by atoms with van der Waals surface area (Å²) in [6, 6.07) is 41.0. The minimum absolute atomic E-state index is 0.361. The van der Waals surface area contributed by atoms with Crippen LogP contribution in [0.4, 0.5) is 0 Å². The van der Waals surface area contributed by atoms with E-state index in [4.69, 9.17) is 10.5 Å². The van der Waals surface area contributed by atoms with E-state index in [0.29, 0.717) is 18.5 Å². The molecule has 206 valence electrons. The Morgan fingerprint density at radius 2 is 1.27 bits per heavy atom. The van der Waals surface area contributed by atoms with Crippen molar-refractivity contribution < 1.29 is 4.74 Å². The van der Waals surface area contributed by atoms with E-state index in [-0.39, 0.29) is 6.17 Å². The van der Waals surface area contributed by atoms with Crippen molar-refractivity contribution in [2.75, 3.05) is 26.9 Å². The van der Waals surface area contributed by atoms with Gasteiger partial charge in [-0.3, -0.25) is 0 Å². The van der Waals surface area contributed by atoms with Crippen LogP contribution in [0.3, 0.4) is 0 Å². The number of hydrogen-bond acceptors (Lipinski definition) is 6. The first kappa shape index (κ1) is 28.1. The van der Waals surface area contributed by atoms with E-state index < -0.39 is 4.25 Å². The molecule has 8 heteroatoms. The fourth-order valence-electron chi connectivity index (χ4n) is 5.17. The van der Waals surface area contributed by atoms with E-state index in [9.17, 15) is 0 Å². The van der Waals surface area contributed by atoms with Gasteiger partial charge in [0.1, 0.15) is 0 Å². The average molecular weight is 664 g/mol. The molecule has 0 saturated heterocycles. The zero-order valence-electron chi connectivity index (χ0n) is 22.8. The summed E-state index contributed by atoms with van der Waals surface area (Å²) in [4.78, 5) is 11.0. The number of benzene rings is 4. The van der Waals surface area contributed by atoms with Gasteiger partial charge in [-0.25, -0.2) is 0 Å². The Morgan fingerprint density at radius 1 is 0.775 bits per heavy atom. The summed E-state index contributed by atoms with van der Waals surface area (Å²) >= 11 is 2.83. The summed E-state index contributed by atoms with van der Waals surface area (Å²) in [6.45, 7) is 0.619. The SMILES string of the molecule is CN(C)C1=NC(c2ccc(OCCCP(I)(c3ccccc3)(c3ccccc3)c3ccccc3)cc2)N=C(N)N1. The second kappa shape index (κ2) is 12.0. The molecule has 0 saturated carbocycles. The van der Waals surface area contributed by atoms with E-state index in [1.165, 1.54) is 15.9 Å². The van der Waals surface area contributed by atoms with Gasteiger partial charge in [0.25, 0.3) is 0 Å². The Balaban J connectivity index is 1.37. The third-order valence-corrected chi connectivity index (χ3v) is 19.0. The maximum absolute atomic E-state index is 6.28. The number of nitrogens with two attached hydrogens (primary N) is 1. The molecule has 4 aromatic rings. The molecule has 6 nitrogen and oxygen atoms in total. The van der Waals surface area contributed by atoms with Crippen molar-refractivity contribution >= 4 is 54.1 Å². The maximum atomic E-state index is 6.28. The van der Waals surface area contributed by atoms with Gasteiger partial charge in [0.2, 0.25) is 0 Å². The van der Waals surface area contributed by atoms with Crippen molar-refractivity contribution in [2.45, 2.75) is 12.6 Å². The van der Waals surface area contributed by atoms with Gasteiger partial charge in [-0.2, -0.15) is 0 Å². The first-order valence-corrected chi connectivity index (χ1v) is 18.6. The summed E-state index contributed by atoms with van der Waals surface area (Å²) in [5.41, 5.74) is 6.95. The molecule has 40 heavy (non-hydrogen) atoms. The Morgan fingerprint density at radius 3 is 1.75 bits per heavy atom. The molecule has 0 radical (unpaired) electrons. The van der Waals surface area contributed by atoms with Crippen LogP contribution < -0.4 is 31.7 Å². The van der Waals surface area contributed by atoms with Crippen LogP contribution in [0.1, 0.15) is 18.2 Å². The first-order valence-electron chi connectivity index (χ1n) is 13.4. The number of nitrogens with one attached hydrogen (secondary N) is 1. The van der Waals surface area contributed by atoms with E-state index in [0.717, 1.165) is 23.9 Å². The van der Waals surface area contributed by atoms with Gasteiger partial charge in [-0.15, -0.1) is 0 Å². The second-order valence-corrected chi connectivity index (χ2v) is 20.8. The molecule has 0 amide bonds. The molecule has 1 heterocycles. The molecule has 0 aliphatic carbocycles. The zero-order chi connectivity index (χ0) is 28.0. The third-order valence-electron chi connectivity index (χ3n) is 7.22. The average Bonchev–Trinajstić information content (AvgIpc) is 3.00. The van der Waals surface area contributed by atoms with Crippen molar-refractivity contribution in [2.24, 2.45) is 15.7 Å². The molecule has 1 aliphatic rings. The van der Waals surface area contributed by atoms with Gasteiger partial charge in [0.05, 0.1) is 0 Å². The van der Waals surface area contributed by atoms with Crippen LogP contribution in [0.2, 0.25) is 0 Å². The normalized spacial score (nSPS) is 16.1. The van der Waals surface area contributed by atoms with E-state index >= 15 is 0 Å². The minimum atomic E-state index is -2.79. The molecular weight excluding hydrogens is 628 g/mol. The quantitative estimate of drug-likeness (QED) is 0.147. The number of nitrogens with zero attached hydrogens (tertiary/aromatic N) is 3. The van der Waals surface area contributed by atoms with Gasteiger partial charge in [0, 0.05) is 14.1 Å². The molecule has 0 fully saturated rings. The molecule has 4 aromatic carbocycles. The number of hydrogen-bond donors (Lipinski definition) is 2. The number of guanidine groups is 2. The fourth-order valence-corrected chi connectivity index (χ4v) is 13.9. The standard InChI is InChI=1S/C32H35IN5OP/c1-38(2)32-36-30(35-31(34)37-32)25-19-21-26(22-20-25)39-23-12-24-40(33,27-13-6-3-7-14-27,28-15-8-4-9-16-28)29-17-10-5-11-18-29/h3-11,13-22,30H,12,23-24H2,1-2H3,(H3,34,35,36,37). The summed E-state index contributed by atoms with van der Waals surface area (Å²) in [6.07, 6.45) is 1.53. The Labute approximate surface area is 249 Å². The van der Waals surface area contributed by atoms with Crippen molar-refractivity contribution in [3.63, 3.8) is 0 Å². The van der Waals surface area contributed by atoms with E-state index in [1.54, 1.807) is 0 Å². The number of aliphatic imine (C=N–C) groups is 2. The van der Waals surface area contributed by atoms with Crippen LogP contribution in [0, 0.1) is 0 Å². The number of halogens is 1. The second-order valence-electron chi connectivity index (χ2n) is 10.0. The molecule has 0 spiro atoms. The topological polar surface area (TPSA) is 75.2 Å². The molecule has 1 atom stereocenters. The van der Waals surface area contributed by atoms with Crippen LogP contribution in [0.15, 0.2) is 125 Å². The van der Waals surface area contributed by atoms with Gasteiger partial charge in [-0.05, 0) is 0 Å². The Bertz CT molecular complexity index is 1380. The van der Waals surface area contributed by atoms with E-state index in [2.05, 4.69) is 128 Å². The van der Waals surface area contributed by atoms with E-state index in [1.807, 2.05) is 43.3 Å². The summed E-state index contributed by atoms with van der Waals surface area (Å²) in [7, 11) is 3.84. The number of rotatable bonds is 9. The van der Waals surface area contributed by atoms with Gasteiger partial charge >= 0.3 is 237 Å². The molecular formula is C32H35IN5OP. The van der Waals surface area contributed by atoms with Crippen molar-refractivity contribution in [1.29, 1.82) is 0 Å². The predicted molar refractivity (Wildman–Crippen MR) is 179 cm³/mol. The summed E-state index contributed by atoms with van der Waals surface area (Å²) in [5.74, 6) is 1.88. The fraction of sp³-hybridized carbons (Fsp3) is 0.188.